The average Bonchev–Trinajstić information content (AvgIpc) is 2.52. The number of amides is 1. The number of carbonyl (C=O) groups excluding carboxylic acids is 1. The summed E-state index contributed by atoms with van der Waals surface area (Å²) in [6.07, 6.45) is 3.99. The summed E-state index contributed by atoms with van der Waals surface area (Å²) < 4.78 is 0. The Labute approximate surface area is 140 Å². The van der Waals surface area contributed by atoms with Crippen LogP contribution in [0.15, 0.2) is 24.3 Å². The average molecular weight is 325 g/mol. The Morgan fingerprint density at radius 2 is 1.86 bits per heavy atom. The zero-order chi connectivity index (χ0) is 15.1. The number of piperidine rings is 1. The lowest BCUT2D eigenvalue weighted by atomic mass is 9.97. The van der Waals surface area contributed by atoms with Crippen LogP contribution in [0, 0.1) is 5.92 Å². The van der Waals surface area contributed by atoms with Crippen molar-refractivity contribution in [3.05, 3.63) is 35.4 Å². The van der Waals surface area contributed by atoms with Crippen LogP contribution in [0.1, 0.15) is 50.2 Å². The fourth-order valence-electron chi connectivity index (χ4n) is 2.80. The second kappa shape index (κ2) is 9.86. The van der Waals surface area contributed by atoms with Crippen molar-refractivity contribution in [1.29, 1.82) is 0 Å². The third-order valence-corrected chi connectivity index (χ3v) is 4.30. The summed E-state index contributed by atoms with van der Waals surface area (Å²) in [6, 6.07) is 8.86. The second-order valence-corrected chi connectivity index (χ2v) is 6.32. The molecule has 0 bridgehead atoms. The Balaban J connectivity index is 0.00000242. The molecule has 0 saturated carbocycles. The summed E-state index contributed by atoms with van der Waals surface area (Å²) in [5.41, 5.74) is 2.74. The number of hydrogen-bond donors (Lipinski definition) is 2. The molecule has 1 amide bonds. The minimum absolute atomic E-state index is 0. The van der Waals surface area contributed by atoms with Crippen molar-refractivity contribution in [2.75, 3.05) is 19.6 Å². The molecule has 1 aliphatic rings. The van der Waals surface area contributed by atoms with E-state index in [0.717, 1.165) is 45.3 Å². The molecule has 0 unspecified atom stereocenters. The molecule has 2 rings (SSSR count). The number of carbonyl (C=O) groups is 1. The monoisotopic (exact) mass is 324 g/mol. The molecular weight excluding hydrogens is 296 g/mol. The van der Waals surface area contributed by atoms with Crippen LogP contribution >= 0.6 is 12.4 Å². The highest BCUT2D eigenvalue weighted by molar-refractivity contribution is 5.85. The topological polar surface area (TPSA) is 41.1 Å². The van der Waals surface area contributed by atoms with Gasteiger partial charge in [0.05, 0.1) is 0 Å². The first-order valence-electron chi connectivity index (χ1n) is 8.24. The molecule has 124 valence electrons. The summed E-state index contributed by atoms with van der Waals surface area (Å²) in [4.78, 5) is 12.0. The van der Waals surface area contributed by atoms with Gasteiger partial charge in [-0.05, 0) is 55.8 Å². The number of benzene rings is 1. The molecule has 1 heterocycles. The van der Waals surface area contributed by atoms with Crippen molar-refractivity contribution in [1.82, 2.24) is 10.6 Å². The standard InChI is InChI=1S/C18H28N2O.ClH/c1-14(2)16-7-5-15(6-8-16)4-3-11-20-18(21)17-9-12-19-13-10-17;/h5-8,14,17,19H,3-4,9-13H2,1-2H3,(H,20,21);1H. The van der Waals surface area contributed by atoms with E-state index in [1.807, 2.05) is 0 Å². The molecule has 1 saturated heterocycles. The molecule has 1 aliphatic heterocycles. The summed E-state index contributed by atoms with van der Waals surface area (Å²) in [7, 11) is 0. The molecule has 0 aliphatic carbocycles. The summed E-state index contributed by atoms with van der Waals surface area (Å²) in [5, 5.41) is 6.38. The maximum Gasteiger partial charge on any atom is 0.223 e. The molecule has 3 nitrogen and oxygen atoms in total. The van der Waals surface area contributed by atoms with Crippen LogP contribution in [0.3, 0.4) is 0 Å². The lowest BCUT2D eigenvalue weighted by Gasteiger charge is -2.21. The minimum Gasteiger partial charge on any atom is -0.356 e. The zero-order valence-electron chi connectivity index (χ0n) is 13.7. The second-order valence-electron chi connectivity index (χ2n) is 6.32. The van der Waals surface area contributed by atoms with Gasteiger partial charge in [-0.1, -0.05) is 38.1 Å². The first kappa shape index (κ1) is 19.0. The molecule has 1 fully saturated rings. The highest BCUT2D eigenvalue weighted by Gasteiger charge is 2.19. The van der Waals surface area contributed by atoms with E-state index in [4.69, 9.17) is 0 Å². The molecule has 1 aromatic carbocycles. The molecule has 0 radical (unpaired) electrons. The number of nitrogens with one attached hydrogen (secondary N) is 2. The van der Waals surface area contributed by atoms with Gasteiger partial charge in [-0.3, -0.25) is 4.79 Å². The molecule has 0 spiro atoms. The molecule has 22 heavy (non-hydrogen) atoms. The van der Waals surface area contributed by atoms with Gasteiger partial charge in [-0.25, -0.2) is 0 Å². The van der Waals surface area contributed by atoms with E-state index in [1.165, 1.54) is 11.1 Å². The van der Waals surface area contributed by atoms with Gasteiger partial charge >= 0.3 is 0 Å². The van der Waals surface area contributed by atoms with Gasteiger partial charge in [-0.2, -0.15) is 0 Å². The highest BCUT2D eigenvalue weighted by Crippen LogP contribution is 2.15. The Morgan fingerprint density at radius 1 is 1.23 bits per heavy atom. The van der Waals surface area contributed by atoms with E-state index < -0.39 is 0 Å². The van der Waals surface area contributed by atoms with E-state index in [-0.39, 0.29) is 24.2 Å². The van der Waals surface area contributed by atoms with Gasteiger partial charge in [0.2, 0.25) is 5.91 Å². The normalized spacial score (nSPS) is 15.4. The van der Waals surface area contributed by atoms with Gasteiger partial charge in [0.25, 0.3) is 0 Å². The van der Waals surface area contributed by atoms with E-state index >= 15 is 0 Å². The van der Waals surface area contributed by atoms with Crippen LogP contribution in [0.2, 0.25) is 0 Å². The van der Waals surface area contributed by atoms with Crippen molar-refractivity contribution < 1.29 is 4.79 Å². The third kappa shape index (κ3) is 5.98. The molecular formula is C18H29ClN2O. The van der Waals surface area contributed by atoms with Crippen molar-refractivity contribution in [2.24, 2.45) is 5.92 Å². The predicted molar refractivity (Wildman–Crippen MR) is 94.7 cm³/mol. The van der Waals surface area contributed by atoms with Gasteiger partial charge in [0.1, 0.15) is 0 Å². The third-order valence-electron chi connectivity index (χ3n) is 4.30. The SMILES string of the molecule is CC(C)c1ccc(CCCNC(=O)C2CCNCC2)cc1.Cl. The van der Waals surface area contributed by atoms with E-state index in [1.54, 1.807) is 0 Å². The summed E-state index contributed by atoms with van der Waals surface area (Å²) >= 11 is 0. The van der Waals surface area contributed by atoms with E-state index in [2.05, 4.69) is 48.7 Å². The van der Waals surface area contributed by atoms with Gasteiger partial charge < -0.3 is 10.6 Å². The lowest BCUT2D eigenvalue weighted by Crippen LogP contribution is -2.38. The Morgan fingerprint density at radius 3 is 2.45 bits per heavy atom. The van der Waals surface area contributed by atoms with Crippen molar-refractivity contribution in [2.45, 2.75) is 45.4 Å². The van der Waals surface area contributed by atoms with Crippen molar-refractivity contribution >= 4 is 18.3 Å². The molecule has 1 aromatic rings. The number of hydrogen-bond acceptors (Lipinski definition) is 2. The number of aryl methyl sites for hydroxylation is 1. The van der Waals surface area contributed by atoms with Crippen LogP contribution in [-0.2, 0) is 11.2 Å². The first-order valence-corrected chi connectivity index (χ1v) is 8.24. The number of halogens is 1. The Hall–Kier alpha value is -1.06. The Kier molecular flexibility index (Phi) is 8.51. The van der Waals surface area contributed by atoms with Gasteiger partial charge in [0.15, 0.2) is 0 Å². The van der Waals surface area contributed by atoms with Crippen LogP contribution in [-0.4, -0.2) is 25.5 Å². The zero-order valence-corrected chi connectivity index (χ0v) is 14.5. The highest BCUT2D eigenvalue weighted by atomic mass is 35.5. The van der Waals surface area contributed by atoms with Crippen LogP contribution < -0.4 is 10.6 Å². The first-order chi connectivity index (χ1) is 10.2. The quantitative estimate of drug-likeness (QED) is 0.788. The predicted octanol–water partition coefficient (Wildman–Crippen LogP) is 3.28. The van der Waals surface area contributed by atoms with Gasteiger partial charge in [-0.15, -0.1) is 12.4 Å². The molecule has 0 aromatic heterocycles. The largest absolute Gasteiger partial charge is 0.356 e. The van der Waals surface area contributed by atoms with Crippen LogP contribution in [0.25, 0.3) is 0 Å². The van der Waals surface area contributed by atoms with Crippen LogP contribution in [0.4, 0.5) is 0 Å². The van der Waals surface area contributed by atoms with E-state index in [0.29, 0.717) is 5.92 Å². The fraction of sp³-hybridized carbons (Fsp3) is 0.611. The van der Waals surface area contributed by atoms with Crippen LogP contribution in [0.5, 0.6) is 0 Å². The van der Waals surface area contributed by atoms with Crippen molar-refractivity contribution in [3.63, 3.8) is 0 Å². The molecule has 2 N–H and O–H groups in total. The minimum atomic E-state index is 0. The van der Waals surface area contributed by atoms with Crippen molar-refractivity contribution in [3.8, 4) is 0 Å². The van der Waals surface area contributed by atoms with Gasteiger partial charge in [0, 0.05) is 12.5 Å². The molecule has 0 atom stereocenters. The maximum atomic E-state index is 12.0. The smallest absolute Gasteiger partial charge is 0.223 e. The lowest BCUT2D eigenvalue weighted by molar-refractivity contribution is -0.125. The maximum absolute atomic E-state index is 12.0. The fourth-order valence-corrected chi connectivity index (χ4v) is 2.80. The Bertz CT molecular complexity index is 439. The summed E-state index contributed by atoms with van der Waals surface area (Å²) in [6.45, 7) is 7.16. The summed E-state index contributed by atoms with van der Waals surface area (Å²) in [5.74, 6) is 1.05. The van der Waals surface area contributed by atoms with E-state index in [9.17, 15) is 4.79 Å². The number of rotatable bonds is 6. The molecule has 4 heteroatoms.